The lowest BCUT2D eigenvalue weighted by Crippen LogP contribution is -2.53. The Morgan fingerprint density at radius 3 is 3.10 bits per heavy atom. The first-order chi connectivity index (χ1) is 10.2. The molecule has 21 heavy (non-hydrogen) atoms. The summed E-state index contributed by atoms with van der Waals surface area (Å²) < 4.78 is 5.62. The lowest BCUT2D eigenvalue weighted by molar-refractivity contribution is -0.135. The second-order valence-electron chi connectivity index (χ2n) is 5.97. The van der Waals surface area contributed by atoms with Gasteiger partial charge in [0.25, 0.3) is 0 Å². The third kappa shape index (κ3) is 2.61. The lowest BCUT2D eigenvalue weighted by Gasteiger charge is -2.31. The van der Waals surface area contributed by atoms with Crippen molar-refractivity contribution in [2.45, 2.75) is 49.9 Å². The third-order valence-corrected chi connectivity index (χ3v) is 4.82. The molecule has 2 heterocycles. The van der Waals surface area contributed by atoms with Crippen LogP contribution in [0.1, 0.15) is 25.7 Å². The van der Waals surface area contributed by atoms with Crippen molar-refractivity contribution in [3.8, 4) is 6.07 Å². The number of nitrogens with zero attached hydrogens (tertiary/aromatic N) is 3. The van der Waals surface area contributed by atoms with E-state index < -0.39 is 0 Å². The first-order valence-corrected chi connectivity index (χ1v) is 7.48. The number of nitrogens with one attached hydrogen (secondary N) is 1. The molecule has 0 aromatic heterocycles. The van der Waals surface area contributed by atoms with Crippen molar-refractivity contribution < 1.29 is 14.7 Å². The number of amides is 1. The second kappa shape index (κ2) is 6.00. The molecule has 2 bridgehead atoms. The van der Waals surface area contributed by atoms with Gasteiger partial charge in [0, 0.05) is 12.6 Å². The van der Waals surface area contributed by atoms with Gasteiger partial charge in [-0.05, 0) is 31.6 Å². The van der Waals surface area contributed by atoms with Gasteiger partial charge in [0.05, 0.1) is 31.0 Å². The molecular weight excluding hydrogens is 272 g/mol. The van der Waals surface area contributed by atoms with Crippen LogP contribution in [0.3, 0.4) is 0 Å². The van der Waals surface area contributed by atoms with Crippen LogP contribution in [-0.4, -0.2) is 59.6 Å². The summed E-state index contributed by atoms with van der Waals surface area (Å²) in [6.07, 6.45) is 4.87. The molecule has 2 saturated heterocycles. The number of carbonyl (C=O) groups excluding carboxylic acids is 1. The first-order valence-electron chi connectivity index (χ1n) is 7.48. The van der Waals surface area contributed by atoms with E-state index >= 15 is 0 Å². The number of hydrogen-bond donors (Lipinski definition) is 2. The Morgan fingerprint density at radius 1 is 1.57 bits per heavy atom. The van der Waals surface area contributed by atoms with Crippen molar-refractivity contribution in [1.29, 1.82) is 5.26 Å². The van der Waals surface area contributed by atoms with Crippen LogP contribution in [0.5, 0.6) is 0 Å². The average Bonchev–Trinajstić information content (AvgIpc) is 3.21. The van der Waals surface area contributed by atoms with Crippen LogP contribution in [-0.2, 0) is 9.53 Å². The largest absolute Gasteiger partial charge is 0.411 e. The average molecular weight is 292 g/mol. The summed E-state index contributed by atoms with van der Waals surface area (Å²) in [5.74, 6) is 0.348. The van der Waals surface area contributed by atoms with Gasteiger partial charge in [-0.3, -0.25) is 4.79 Å². The number of piperidine rings is 1. The van der Waals surface area contributed by atoms with Gasteiger partial charge in [-0.15, -0.1) is 0 Å². The SMILES string of the molecule is N#C[C@@H]1CCCN1C(=O)[C@H]1N[C@@H]2C[C@H]1C[C@H]2OC/C=N/O. The van der Waals surface area contributed by atoms with Gasteiger partial charge >= 0.3 is 0 Å². The van der Waals surface area contributed by atoms with E-state index in [0.717, 1.165) is 25.7 Å². The summed E-state index contributed by atoms with van der Waals surface area (Å²) in [7, 11) is 0. The molecule has 0 aromatic carbocycles. The van der Waals surface area contributed by atoms with Gasteiger partial charge < -0.3 is 20.2 Å². The molecule has 114 valence electrons. The monoisotopic (exact) mass is 292 g/mol. The highest BCUT2D eigenvalue weighted by molar-refractivity contribution is 5.83. The van der Waals surface area contributed by atoms with Crippen molar-refractivity contribution in [2.24, 2.45) is 11.1 Å². The quantitative estimate of drug-likeness (QED) is 0.435. The lowest BCUT2D eigenvalue weighted by atomic mass is 9.97. The smallest absolute Gasteiger partial charge is 0.241 e. The predicted octanol–water partition coefficient (Wildman–Crippen LogP) is 0.0966. The van der Waals surface area contributed by atoms with Crippen LogP contribution in [0, 0.1) is 17.2 Å². The molecule has 1 aliphatic carbocycles. The number of fused-ring (bicyclic) bond motifs is 2. The highest BCUT2D eigenvalue weighted by atomic mass is 16.5. The Morgan fingerprint density at radius 2 is 2.43 bits per heavy atom. The first kappa shape index (κ1) is 14.3. The molecule has 1 saturated carbocycles. The van der Waals surface area contributed by atoms with E-state index in [1.54, 1.807) is 4.90 Å². The summed E-state index contributed by atoms with van der Waals surface area (Å²) in [5, 5.41) is 23.7. The van der Waals surface area contributed by atoms with Crippen molar-refractivity contribution in [1.82, 2.24) is 10.2 Å². The highest BCUT2D eigenvalue weighted by Gasteiger charge is 2.50. The molecule has 7 nitrogen and oxygen atoms in total. The predicted molar refractivity (Wildman–Crippen MR) is 73.8 cm³/mol. The minimum atomic E-state index is -0.258. The van der Waals surface area contributed by atoms with Gasteiger partial charge in [0.15, 0.2) is 0 Å². The Balaban J connectivity index is 1.56. The van der Waals surface area contributed by atoms with E-state index in [4.69, 9.17) is 15.2 Å². The fourth-order valence-electron chi connectivity index (χ4n) is 3.85. The zero-order chi connectivity index (χ0) is 14.8. The number of nitriles is 1. The molecular formula is C14H20N4O3. The molecule has 0 spiro atoms. The Hall–Kier alpha value is -1.65. The standard InChI is InChI=1S/C14H20N4O3/c15-8-10-2-1-4-18(10)14(19)13-9-6-11(17-13)12(7-9)21-5-3-16-20/h3,9-13,17,20H,1-2,4-7H2/b16-3+/t9-,10-,11+,12+,13-/m0/s1. The van der Waals surface area contributed by atoms with Crippen molar-refractivity contribution >= 4 is 12.1 Å². The van der Waals surface area contributed by atoms with Crippen LogP contribution >= 0.6 is 0 Å². The van der Waals surface area contributed by atoms with Gasteiger partial charge in [-0.25, -0.2) is 0 Å². The minimum Gasteiger partial charge on any atom is -0.411 e. The van der Waals surface area contributed by atoms with Crippen molar-refractivity contribution in [2.75, 3.05) is 13.2 Å². The summed E-state index contributed by atoms with van der Waals surface area (Å²) in [6.45, 7) is 0.979. The molecule has 0 aromatic rings. The number of likely N-dealkylation sites (tertiary alicyclic amines) is 1. The molecule has 0 unspecified atom stereocenters. The maximum Gasteiger partial charge on any atom is 0.241 e. The van der Waals surface area contributed by atoms with E-state index in [1.807, 2.05) is 0 Å². The van der Waals surface area contributed by atoms with Crippen LogP contribution in [0.4, 0.5) is 0 Å². The zero-order valence-corrected chi connectivity index (χ0v) is 11.8. The number of oxime groups is 1. The Kier molecular flexibility index (Phi) is 4.08. The Bertz CT molecular complexity index is 475. The highest BCUT2D eigenvalue weighted by Crippen LogP contribution is 2.38. The van der Waals surface area contributed by atoms with Crippen LogP contribution in [0.15, 0.2) is 5.16 Å². The Labute approximate surface area is 123 Å². The molecule has 2 N–H and O–H groups in total. The second-order valence-corrected chi connectivity index (χ2v) is 5.97. The van der Waals surface area contributed by atoms with E-state index in [0.29, 0.717) is 6.54 Å². The topological polar surface area (TPSA) is 98.0 Å². The molecule has 3 aliphatic rings. The molecule has 7 heteroatoms. The van der Waals surface area contributed by atoms with E-state index in [1.165, 1.54) is 6.21 Å². The van der Waals surface area contributed by atoms with Crippen LogP contribution in [0.25, 0.3) is 0 Å². The van der Waals surface area contributed by atoms with Gasteiger partial charge in [-0.2, -0.15) is 5.26 Å². The van der Waals surface area contributed by atoms with E-state index in [2.05, 4.69) is 16.5 Å². The fourth-order valence-corrected chi connectivity index (χ4v) is 3.85. The summed E-state index contributed by atoms with van der Waals surface area (Å²) in [5.41, 5.74) is 0. The summed E-state index contributed by atoms with van der Waals surface area (Å²) >= 11 is 0. The van der Waals surface area contributed by atoms with Crippen LogP contribution < -0.4 is 5.32 Å². The normalized spacial score (nSPS) is 38.2. The number of rotatable bonds is 4. The van der Waals surface area contributed by atoms with Crippen molar-refractivity contribution in [3.05, 3.63) is 0 Å². The van der Waals surface area contributed by atoms with Crippen LogP contribution in [0.2, 0.25) is 0 Å². The minimum absolute atomic E-state index is 0.0712. The summed E-state index contributed by atoms with van der Waals surface area (Å²) in [6, 6.07) is 1.97. The van der Waals surface area contributed by atoms with Gasteiger partial charge in [0.1, 0.15) is 6.04 Å². The molecule has 2 aliphatic heterocycles. The number of ether oxygens (including phenoxy) is 1. The molecule has 0 radical (unpaired) electrons. The molecule has 5 atom stereocenters. The zero-order valence-electron chi connectivity index (χ0n) is 11.8. The number of hydrogen-bond acceptors (Lipinski definition) is 6. The number of carbonyl (C=O) groups is 1. The molecule has 3 fully saturated rings. The van der Waals surface area contributed by atoms with Gasteiger partial charge in [-0.1, -0.05) is 5.16 Å². The maximum atomic E-state index is 12.6. The van der Waals surface area contributed by atoms with Crippen molar-refractivity contribution in [3.63, 3.8) is 0 Å². The van der Waals surface area contributed by atoms with E-state index in [9.17, 15) is 4.79 Å². The third-order valence-electron chi connectivity index (χ3n) is 4.82. The molecule has 1 amide bonds. The maximum absolute atomic E-state index is 12.6. The summed E-state index contributed by atoms with van der Waals surface area (Å²) in [4.78, 5) is 14.3. The fraction of sp³-hybridized carbons (Fsp3) is 0.786. The molecule has 3 rings (SSSR count). The van der Waals surface area contributed by atoms with Gasteiger partial charge in [0.2, 0.25) is 5.91 Å². The van der Waals surface area contributed by atoms with E-state index in [-0.39, 0.29) is 42.7 Å².